The molecule has 0 saturated heterocycles. The number of aromatic nitrogens is 2. The zero-order valence-corrected chi connectivity index (χ0v) is 20.5. The average molecular weight is 473 g/mol. The van der Waals surface area contributed by atoms with Crippen molar-refractivity contribution in [1.82, 2.24) is 20.2 Å². The number of hydrogen-bond acceptors (Lipinski definition) is 4. The van der Waals surface area contributed by atoms with Crippen molar-refractivity contribution >= 4 is 33.9 Å². The maximum Gasteiger partial charge on any atom is 0.315 e. The lowest BCUT2D eigenvalue weighted by molar-refractivity contribution is 0.241. The maximum absolute atomic E-state index is 12.3. The van der Waals surface area contributed by atoms with E-state index in [0.29, 0.717) is 19.6 Å². The summed E-state index contributed by atoms with van der Waals surface area (Å²) in [6.07, 6.45) is 6.72. The SMILES string of the molecule is CCCOc1ccc(/C=C/CNC(=O)NCCn2c3cc(OC)ccc3c3ccnc(C)c32)cc1. The first-order chi connectivity index (χ1) is 17.1. The van der Waals surface area contributed by atoms with Crippen LogP contribution < -0.4 is 20.1 Å². The Bertz CT molecular complexity index is 1330. The molecule has 4 rings (SSSR count). The molecule has 0 saturated carbocycles. The van der Waals surface area contributed by atoms with Gasteiger partial charge in [0.2, 0.25) is 0 Å². The predicted octanol–water partition coefficient (Wildman–Crippen LogP) is 5.31. The number of carbonyl (C=O) groups excluding carboxylic acids is 1. The standard InChI is InChI=1S/C28H32N4O3/c1-4-18-35-22-9-7-21(8-10-22)6-5-14-30-28(33)31-16-17-32-26-19-23(34-3)11-12-24(26)25-13-15-29-20(2)27(25)32/h5-13,15,19H,4,14,16-18H2,1-3H3,(H2,30,31,33)/b6-5+. The van der Waals surface area contributed by atoms with Crippen LogP contribution >= 0.6 is 0 Å². The number of carbonyl (C=O) groups is 1. The fourth-order valence-electron chi connectivity index (χ4n) is 4.14. The van der Waals surface area contributed by atoms with Crippen LogP contribution in [0.25, 0.3) is 27.9 Å². The zero-order chi connectivity index (χ0) is 24.6. The molecule has 2 heterocycles. The van der Waals surface area contributed by atoms with E-state index in [0.717, 1.165) is 57.6 Å². The molecule has 2 amide bonds. The van der Waals surface area contributed by atoms with Crippen molar-refractivity contribution in [2.75, 3.05) is 26.8 Å². The van der Waals surface area contributed by atoms with E-state index in [1.807, 2.05) is 67.7 Å². The second-order valence-electron chi connectivity index (χ2n) is 8.28. The van der Waals surface area contributed by atoms with Crippen molar-refractivity contribution < 1.29 is 14.3 Å². The van der Waals surface area contributed by atoms with Gasteiger partial charge in [0, 0.05) is 42.7 Å². The van der Waals surface area contributed by atoms with Crippen molar-refractivity contribution in [2.45, 2.75) is 26.8 Å². The van der Waals surface area contributed by atoms with E-state index in [1.54, 1.807) is 7.11 Å². The maximum atomic E-state index is 12.3. The fraction of sp³-hybridized carbons (Fsp3) is 0.286. The minimum atomic E-state index is -0.203. The molecule has 0 bridgehead atoms. The first-order valence-electron chi connectivity index (χ1n) is 11.9. The average Bonchev–Trinajstić information content (AvgIpc) is 3.20. The lowest BCUT2D eigenvalue weighted by atomic mass is 10.1. The Morgan fingerprint density at radius 2 is 1.86 bits per heavy atom. The van der Waals surface area contributed by atoms with Gasteiger partial charge in [-0.2, -0.15) is 0 Å². The van der Waals surface area contributed by atoms with Gasteiger partial charge in [0.05, 0.1) is 30.4 Å². The molecule has 0 aliphatic carbocycles. The van der Waals surface area contributed by atoms with Gasteiger partial charge in [0.15, 0.2) is 0 Å². The quantitative estimate of drug-likeness (QED) is 0.328. The number of pyridine rings is 1. The van der Waals surface area contributed by atoms with Gasteiger partial charge < -0.3 is 24.7 Å². The second kappa shape index (κ2) is 11.4. The Kier molecular flexibility index (Phi) is 7.88. The molecule has 0 aliphatic rings. The minimum absolute atomic E-state index is 0.203. The van der Waals surface area contributed by atoms with Gasteiger partial charge in [-0.1, -0.05) is 31.2 Å². The number of urea groups is 1. The molecule has 0 aliphatic heterocycles. The van der Waals surface area contributed by atoms with E-state index in [9.17, 15) is 4.79 Å². The number of nitrogens with one attached hydrogen (secondary N) is 2. The van der Waals surface area contributed by atoms with Crippen LogP contribution in [0.15, 0.2) is 60.8 Å². The number of fused-ring (bicyclic) bond motifs is 3. The summed E-state index contributed by atoms with van der Waals surface area (Å²) in [6.45, 7) is 6.35. The van der Waals surface area contributed by atoms with Crippen molar-refractivity contribution in [2.24, 2.45) is 0 Å². The Morgan fingerprint density at radius 1 is 1.06 bits per heavy atom. The Labute approximate surface area is 205 Å². The van der Waals surface area contributed by atoms with Gasteiger partial charge in [-0.3, -0.25) is 4.98 Å². The summed E-state index contributed by atoms with van der Waals surface area (Å²) < 4.78 is 13.2. The van der Waals surface area contributed by atoms with Crippen molar-refractivity contribution in [3.8, 4) is 11.5 Å². The van der Waals surface area contributed by atoms with E-state index >= 15 is 0 Å². The number of hydrogen-bond donors (Lipinski definition) is 2. The summed E-state index contributed by atoms with van der Waals surface area (Å²) in [5.74, 6) is 1.67. The van der Waals surface area contributed by atoms with Crippen LogP contribution in [0.3, 0.4) is 0 Å². The summed E-state index contributed by atoms with van der Waals surface area (Å²) in [6, 6.07) is 15.8. The molecule has 7 nitrogen and oxygen atoms in total. The monoisotopic (exact) mass is 472 g/mol. The molecule has 182 valence electrons. The highest BCUT2D eigenvalue weighted by molar-refractivity contribution is 6.09. The molecule has 2 aromatic heterocycles. The molecule has 0 fully saturated rings. The molecule has 2 N–H and O–H groups in total. The van der Waals surface area contributed by atoms with Crippen LogP contribution in [0.1, 0.15) is 24.6 Å². The minimum Gasteiger partial charge on any atom is -0.497 e. The Hall–Kier alpha value is -4.00. The molecule has 4 aromatic rings. The molecule has 0 spiro atoms. The zero-order valence-electron chi connectivity index (χ0n) is 20.5. The third-order valence-corrected chi connectivity index (χ3v) is 5.83. The smallest absolute Gasteiger partial charge is 0.315 e. The molecule has 0 radical (unpaired) electrons. The van der Waals surface area contributed by atoms with Crippen LogP contribution in [0.2, 0.25) is 0 Å². The number of amides is 2. The van der Waals surface area contributed by atoms with E-state index in [1.165, 1.54) is 0 Å². The molecular formula is C28H32N4O3. The molecular weight excluding hydrogens is 440 g/mol. The van der Waals surface area contributed by atoms with Gasteiger partial charge in [0.25, 0.3) is 0 Å². The summed E-state index contributed by atoms with van der Waals surface area (Å²) in [7, 11) is 1.67. The van der Waals surface area contributed by atoms with Crippen molar-refractivity contribution in [1.29, 1.82) is 0 Å². The third kappa shape index (κ3) is 5.74. The highest BCUT2D eigenvalue weighted by Gasteiger charge is 2.14. The van der Waals surface area contributed by atoms with Crippen LogP contribution in [0.5, 0.6) is 11.5 Å². The topological polar surface area (TPSA) is 77.4 Å². The molecule has 0 unspecified atom stereocenters. The number of nitrogens with zero attached hydrogens (tertiary/aromatic N) is 2. The van der Waals surface area contributed by atoms with Gasteiger partial charge in [-0.05, 0) is 49.2 Å². The van der Waals surface area contributed by atoms with Crippen LogP contribution in [-0.4, -0.2) is 42.4 Å². The normalized spacial score (nSPS) is 11.3. The summed E-state index contributed by atoms with van der Waals surface area (Å²) in [5, 5.41) is 8.12. The third-order valence-electron chi connectivity index (χ3n) is 5.83. The first kappa shape index (κ1) is 24.1. The van der Waals surface area contributed by atoms with Crippen LogP contribution in [0.4, 0.5) is 4.79 Å². The lowest BCUT2D eigenvalue weighted by Gasteiger charge is -2.11. The van der Waals surface area contributed by atoms with E-state index in [2.05, 4.69) is 33.2 Å². The first-order valence-corrected chi connectivity index (χ1v) is 11.9. The summed E-state index contributed by atoms with van der Waals surface area (Å²) in [4.78, 5) is 16.8. The van der Waals surface area contributed by atoms with Gasteiger partial charge >= 0.3 is 6.03 Å². The highest BCUT2D eigenvalue weighted by atomic mass is 16.5. The molecule has 2 aromatic carbocycles. The van der Waals surface area contributed by atoms with Gasteiger partial charge in [-0.25, -0.2) is 4.79 Å². The highest BCUT2D eigenvalue weighted by Crippen LogP contribution is 2.32. The van der Waals surface area contributed by atoms with E-state index in [4.69, 9.17) is 9.47 Å². The Morgan fingerprint density at radius 3 is 2.63 bits per heavy atom. The number of aryl methyl sites for hydroxylation is 1. The molecule has 35 heavy (non-hydrogen) atoms. The predicted molar refractivity (Wildman–Crippen MR) is 141 cm³/mol. The van der Waals surface area contributed by atoms with E-state index < -0.39 is 0 Å². The molecule has 0 atom stereocenters. The number of benzene rings is 2. The summed E-state index contributed by atoms with van der Waals surface area (Å²) >= 11 is 0. The molecule has 7 heteroatoms. The largest absolute Gasteiger partial charge is 0.497 e. The van der Waals surface area contributed by atoms with Crippen molar-refractivity contribution in [3.05, 3.63) is 72.1 Å². The van der Waals surface area contributed by atoms with Crippen LogP contribution in [0, 0.1) is 6.92 Å². The van der Waals surface area contributed by atoms with Gasteiger partial charge in [-0.15, -0.1) is 0 Å². The lowest BCUT2D eigenvalue weighted by Crippen LogP contribution is -2.37. The van der Waals surface area contributed by atoms with Crippen LogP contribution in [-0.2, 0) is 6.54 Å². The number of ether oxygens (including phenoxy) is 2. The van der Waals surface area contributed by atoms with Crippen molar-refractivity contribution in [3.63, 3.8) is 0 Å². The summed E-state index contributed by atoms with van der Waals surface area (Å²) in [5.41, 5.74) is 4.15. The number of rotatable bonds is 10. The Balaban J connectivity index is 1.33. The van der Waals surface area contributed by atoms with E-state index in [-0.39, 0.29) is 6.03 Å². The number of methoxy groups -OCH3 is 1. The fourth-order valence-corrected chi connectivity index (χ4v) is 4.14. The van der Waals surface area contributed by atoms with Gasteiger partial charge in [0.1, 0.15) is 11.5 Å². The second-order valence-corrected chi connectivity index (χ2v) is 8.28.